The van der Waals surface area contributed by atoms with Crippen molar-refractivity contribution >= 4 is 61.1 Å². The molecule has 160 valence electrons. The number of esters is 1. The van der Waals surface area contributed by atoms with Gasteiger partial charge in [-0.1, -0.05) is 58.7 Å². The molecule has 6 nitrogen and oxygen atoms in total. The fourth-order valence-corrected chi connectivity index (χ4v) is 6.68. The van der Waals surface area contributed by atoms with Gasteiger partial charge in [0, 0.05) is 15.1 Å². The topological polar surface area (TPSA) is 80.8 Å². The number of ether oxygens (including phenoxy) is 1. The van der Waals surface area contributed by atoms with Crippen molar-refractivity contribution in [3.63, 3.8) is 0 Å². The lowest BCUT2D eigenvalue weighted by molar-refractivity contribution is -0.129. The maximum absolute atomic E-state index is 13.2. The van der Waals surface area contributed by atoms with Crippen LogP contribution in [0.1, 0.15) is 37.6 Å². The summed E-state index contributed by atoms with van der Waals surface area (Å²) >= 11 is 7.35. The lowest BCUT2D eigenvalue weighted by Gasteiger charge is -2.28. The van der Waals surface area contributed by atoms with Crippen LogP contribution in [0.25, 0.3) is 0 Å². The Morgan fingerprint density at radius 1 is 1.07 bits per heavy atom. The van der Waals surface area contributed by atoms with Crippen LogP contribution in [-0.2, 0) is 19.1 Å². The van der Waals surface area contributed by atoms with Crippen LogP contribution in [0, 0.1) is 29.1 Å². The largest absolute Gasteiger partial charge is 0.454 e. The fourth-order valence-electron chi connectivity index (χ4n) is 4.81. The van der Waals surface area contributed by atoms with Crippen molar-refractivity contribution in [2.24, 2.45) is 29.1 Å². The number of carbonyl (C=O) groups excluding carboxylic acids is 4. The molecule has 4 rings (SSSR count). The van der Waals surface area contributed by atoms with Gasteiger partial charge in [-0.15, -0.1) is 0 Å². The Bertz CT molecular complexity index is 908. The molecule has 6 atom stereocenters. The monoisotopic (exact) mass is 539 g/mol. The first-order chi connectivity index (χ1) is 14.0. The third kappa shape index (κ3) is 3.36. The maximum atomic E-state index is 13.2. The summed E-state index contributed by atoms with van der Waals surface area (Å²) in [5.41, 5.74) is -0.0342. The number of carbonyl (C=O) groups is 4. The van der Waals surface area contributed by atoms with Gasteiger partial charge in [0.1, 0.15) is 0 Å². The predicted molar refractivity (Wildman–Crippen MR) is 118 cm³/mol. The average Bonchev–Trinajstić information content (AvgIpc) is 3.30. The highest BCUT2D eigenvalue weighted by molar-refractivity contribution is 9.12. The molecule has 0 radical (unpaired) electrons. The number of anilines is 1. The second-order valence-corrected chi connectivity index (χ2v) is 11.4. The van der Waals surface area contributed by atoms with Crippen molar-refractivity contribution in [3.8, 4) is 0 Å². The molecule has 8 heteroatoms. The van der Waals surface area contributed by atoms with Gasteiger partial charge in [0.2, 0.25) is 11.8 Å². The van der Waals surface area contributed by atoms with Gasteiger partial charge in [0.05, 0.1) is 23.1 Å². The van der Waals surface area contributed by atoms with Crippen LogP contribution in [0.5, 0.6) is 0 Å². The van der Waals surface area contributed by atoms with Gasteiger partial charge in [-0.2, -0.15) is 0 Å². The van der Waals surface area contributed by atoms with E-state index in [9.17, 15) is 19.2 Å². The van der Waals surface area contributed by atoms with Crippen LogP contribution in [0.4, 0.5) is 5.69 Å². The summed E-state index contributed by atoms with van der Waals surface area (Å²) in [6.07, 6.45) is 0.862. The molecule has 3 fully saturated rings. The van der Waals surface area contributed by atoms with Gasteiger partial charge in [0.25, 0.3) is 0 Å². The lowest BCUT2D eigenvalue weighted by Crippen LogP contribution is -2.37. The molecule has 2 aliphatic carbocycles. The van der Waals surface area contributed by atoms with E-state index in [0.29, 0.717) is 5.69 Å². The Balaban J connectivity index is 1.53. The second kappa shape index (κ2) is 7.55. The number of amides is 2. The normalized spacial score (nSPS) is 32.5. The van der Waals surface area contributed by atoms with Crippen molar-refractivity contribution in [1.29, 1.82) is 0 Å². The van der Waals surface area contributed by atoms with Crippen molar-refractivity contribution < 1.29 is 23.9 Å². The number of rotatable bonds is 4. The molecule has 0 unspecified atom stereocenters. The number of halogens is 2. The van der Waals surface area contributed by atoms with Crippen molar-refractivity contribution in [2.45, 2.75) is 36.8 Å². The van der Waals surface area contributed by atoms with Gasteiger partial charge < -0.3 is 4.74 Å². The minimum Gasteiger partial charge on any atom is -0.454 e. The summed E-state index contributed by atoms with van der Waals surface area (Å²) in [4.78, 5) is 52.3. The van der Waals surface area contributed by atoms with E-state index >= 15 is 0 Å². The molecule has 30 heavy (non-hydrogen) atoms. The zero-order valence-corrected chi connectivity index (χ0v) is 20.1. The standard InChI is InChI=1S/C22H23Br2NO5/c1-22(2,3)14(26)9-30-21(29)10-5-4-6-11(7-10)25-19(27)15-12-8-13(16(15)20(25)28)18(24)17(12)23/h4-7,12-13,15-18H,8-9H2,1-3H3/t12-,13+,15-,16-,17-,18+/m0/s1. The number of alkyl halides is 2. The van der Waals surface area contributed by atoms with Crippen LogP contribution in [0.2, 0.25) is 0 Å². The van der Waals surface area contributed by atoms with Gasteiger partial charge >= 0.3 is 5.97 Å². The minimum absolute atomic E-state index is 0.127. The molecule has 2 saturated carbocycles. The number of fused-ring (bicyclic) bond motifs is 5. The first kappa shape index (κ1) is 21.7. The van der Waals surface area contributed by atoms with Crippen LogP contribution >= 0.6 is 31.9 Å². The lowest BCUT2D eigenvalue weighted by atomic mass is 9.81. The molecule has 1 aromatic carbocycles. The van der Waals surface area contributed by atoms with Crippen LogP contribution < -0.4 is 4.90 Å². The molecule has 0 N–H and O–H groups in total. The Morgan fingerprint density at radius 3 is 2.17 bits per heavy atom. The molecule has 2 bridgehead atoms. The first-order valence-corrected chi connectivity index (χ1v) is 11.8. The van der Waals surface area contributed by atoms with E-state index in [1.54, 1.807) is 39.0 Å². The number of hydrogen-bond acceptors (Lipinski definition) is 5. The summed E-state index contributed by atoms with van der Waals surface area (Å²) in [6.45, 7) is 4.95. The molecular weight excluding hydrogens is 518 g/mol. The van der Waals surface area contributed by atoms with E-state index in [0.717, 1.165) is 6.42 Å². The molecular formula is C22H23Br2NO5. The molecule has 2 amide bonds. The summed E-state index contributed by atoms with van der Waals surface area (Å²) < 4.78 is 5.15. The zero-order chi connectivity index (χ0) is 22.0. The van der Waals surface area contributed by atoms with E-state index in [1.807, 2.05) is 0 Å². The Kier molecular flexibility index (Phi) is 5.46. The Labute approximate surface area is 192 Å². The Hall–Kier alpha value is -1.54. The SMILES string of the molecule is CC(C)(C)C(=O)COC(=O)c1cccc(N2C(=O)[C@H]3[C@@H]4C[C@@H]([C@@H](Br)[C@H]4Br)[C@@H]3C2=O)c1. The van der Waals surface area contributed by atoms with E-state index in [4.69, 9.17) is 4.74 Å². The zero-order valence-electron chi connectivity index (χ0n) is 16.9. The summed E-state index contributed by atoms with van der Waals surface area (Å²) in [7, 11) is 0. The molecule has 3 aliphatic rings. The van der Waals surface area contributed by atoms with Crippen LogP contribution in [0.3, 0.4) is 0 Å². The van der Waals surface area contributed by atoms with Gasteiger partial charge in [0.15, 0.2) is 12.4 Å². The molecule has 1 aliphatic heterocycles. The summed E-state index contributed by atoms with van der Waals surface area (Å²) in [5, 5.41) is 0. The highest BCUT2D eigenvalue weighted by atomic mass is 79.9. The smallest absolute Gasteiger partial charge is 0.338 e. The molecule has 0 aromatic heterocycles. The van der Waals surface area contributed by atoms with Crippen molar-refractivity contribution in [3.05, 3.63) is 29.8 Å². The second-order valence-electron chi connectivity index (χ2n) is 9.32. The predicted octanol–water partition coefficient (Wildman–Crippen LogP) is 3.74. The summed E-state index contributed by atoms with van der Waals surface area (Å²) in [6, 6.07) is 6.29. The average molecular weight is 541 g/mol. The van der Waals surface area contributed by atoms with Crippen molar-refractivity contribution in [2.75, 3.05) is 11.5 Å². The highest BCUT2D eigenvalue weighted by Crippen LogP contribution is 2.60. The molecule has 1 saturated heterocycles. The quantitative estimate of drug-likeness (QED) is 0.330. The fraction of sp³-hybridized carbons (Fsp3) is 0.545. The van der Waals surface area contributed by atoms with Crippen LogP contribution in [-0.4, -0.2) is 39.8 Å². The molecule has 1 aromatic rings. The summed E-state index contributed by atoms with van der Waals surface area (Å²) in [5.74, 6) is -1.63. The van der Waals surface area contributed by atoms with E-state index in [1.165, 1.54) is 11.0 Å². The van der Waals surface area contributed by atoms with Gasteiger partial charge in [-0.05, 0) is 36.5 Å². The number of imide groups is 1. The number of nitrogens with zero attached hydrogens (tertiary/aromatic N) is 1. The number of Topliss-reactive ketones (excluding diaryl/α,β-unsaturated/α-hetero) is 1. The third-order valence-electron chi connectivity index (χ3n) is 6.50. The molecule has 1 heterocycles. The first-order valence-electron chi connectivity index (χ1n) is 9.99. The maximum Gasteiger partial charge on any atom is 0.338 e. The molecule has 0 spiro atoms. The van der Waals surface area contributed by atoms with Crippen molar-refractivity contribution in [1.82, 2.24) is 0 Å². The van der Waals surface area contributed by atoms with Gasteiger partial charge in [-0.3, -0.25) is 19.3 Å². The number of hydrogen-bond donors (Lipinski definition) is 0. The van der Waals surface area contributed by atoms with E-state index in [-0.39, 0.29) is 63.1 Å². The van der Waals surface area contributed by atoms with E-state index < -0.39 is 11.4 Å². The third-order valence-corrected chi connectivity index (χ3v) is 9.70. The number of benzene rings is 1. The highest BCUT2D eigenvalue weighted by Gasteiger charge is 2.66. The number of ketones is 1. The van der Waals surface area contributed by atoms with Crippen LogP contribution in [0.15, 0.2) is 24.3 Å². The van der Waals surface area contributed by atoms with E-state index in [2.05, 4.69) is 31.9 Å². The van der Waals surface area contributed by atoms with Gasteiger partial charge in [-0.25, -0.2) is 4.79 Å². The minimum atomic E-state index is -0.658. The Morgan fingerprint density at radius 2 is 1.63 bits per heavy atom.